The van der Waals surface area contributed by atoms with Crippen molar-refractivity contribution in [3.05, 3.63) is 33.4 Å². The fraction of sp³-hybridized carbons (Fsp3) is 0.600. The maximum absolute atomic E-state index is 2.58. The molecular weight excluding hydrogens is 335 g/mol. The van der Waals surface area contributed by atoms with Crippen LogP contribution in [0.15, 0.2) is 24.3 Å². The van der Waals surface area contributed by atoms with E-state index in [-0.39, 0.29) is 0 Å². The molecule has 2 rings (SSSR count). The SMILES string of the molecule is CN(CCc1ccc(I)cc1)CCN1CCCC1. The summed E-state index contributed by atoms with van der Waals surface area (Å²) in [5.41, 5.74) is 1.45. The summed E-state index contributed by atoms with van der Waals surface area (Å²) in [7, 11) is 2.24. The van der Waals surface area contributed by atoms with Crippen LogP contribution in [0.3, 0.4) is 0 Å². The second-order valence-corrected chi connectivity index (χ2v) is 6.47. The van der Waals surface area contributed by atoms with E-state index in [1.54, 1.807) is 0 Å². The minimum Gasteiger partial charge on any atom is -0.305 e. The van der Waals surface area contributed by atoms with E-state index >= 15 is 0 Å². The molecule has 0 bridgehead atoms. The first-order valence-electron chi connectivity index (χ1n) is 6.89. The van der Waals surface area contributed by atoms with Crippen LogP contribution in [-0.4, -0.2) is 49.6 Å². The second-order valence-electron chi connectivity index (χ2n) is 5.23. The number of halogens is 1. The normalized spacial score (nSPS) is 16.6. The summed E-state index contributed by atoms with van der Waals surface area (Å²) in [6.45, 7) is 6.22. The number of likely N-dealkylation sites (N-methyl/N-ethyl adjacent to an activating group) is 1. The molecule has 0 N–H and O–H groups in total. The highest BCUT2D eigenvalue weighted by Gasteiger charge is 2.11. The minimum atomic E-state index is 1.16. The van der Waals surface area contributed by atoms with Crippen LogP contribution in [0.2, 0.25) is 0 Å². The van der Waals surface area contributed by atoms with E-state index in [4.69, 9.17) is 0 Å². The van der Waals surface area contributed by atoms with Crippen LogP contribution in [0.1, 0.15) is 18.4 Å². The third-order valence-corrected chi connectivity index (χ3v) is 4.41. The van der Waals surface area contributed by atoms with Crippen LogP contribution in [0.5, 0.6) is 0 Å². The van der Waals surface area contributed by atoms with E-state index in [1.165, 1.54) is 48.2 Å². The van der Waals surface area contributed by atoms with Gasteiger partial charge in [-0.3, -0.25) is 0 Å². The predicted molar refractivity (Wildman–Crippen MR) is 86.0 cm³/mol. The predicted octanol–water partition coefficient (Wildman–Crippen LogP) is 2.86. The molecule has 1 saturated heterocycles. The van der Waals surface area contributed by atoms with Gasteiger partial charge >= 0.3 is 0 Å². The van der Waals surface area contributed by atoms with E-state index in [0.29, 0.717) is 0 Å². The molecule has 1 aliphatic rings. The molecular formula is C15H23IN2. The molecule has 18 heavy (non-hydrogen) atoms. The Bertz CT molecular complexity index is 344. The Balaban J connectivity index is 1.64. The first-order valence-corrected chi connectivity index (χ1v) is 7.97. The van der Waals surface area contributed by atoms with Crippen molar-refractivity contribution in [1.29, 1.82) is 0 Å². The molecule has 1 fully saturated rings. The molecule has 2 nitrogen and oxygen atoms in total. The fourth-order valence-corrected chi connectivity index (χ4v) is 2.76. The first-order chi connectivity index (χ1) is 8.74. The Morgan fingerprint density at radius 2 is 1.78 bits per heavy atom. The van der Waals surface area contributed by atoms with Crippen LogP contribution in [0.4, 0.5) is 0 Å². The summed E-state index contributed by atoms with van der Waals surface area (Å²) in [5.74, 6) is 0. The van der Waals surface area contributed by atoms with Crippen molar-refractivity contribution in [1.82, 2.24) is 9.80 Å². The zero-order chi connectivity index (χ0) is 12.8. The lowest BCUT2D eigenvalue weighted by molar-refractivity contribution is 0.259. The van der Waals surface area contributed by atoms with E-state index < -0.39 is 0 Å². The van der Waals surface area contributed by atoms with Gasteiger partial charge in [-0.15, -0.1) is 0 Å². The molecule has 0 aliphatic carbocycles. The van der Waals surface area contributed by atoms with Gasteiger partial charge < -0.3 is 9.80 Å². The molecule has 0 amide bonds. The molecule has 1 aromatic rings. The van der Waals surface area contributed by atoms with Gasteiger partial charge in [0, 0.05) is 23.2 Å². The van der Waals surface area contributed by atoms with Crippen LogP contribution < -0.4 is 0 Å². The van der Waals surface area contributed by atoms with Gasteiger partial charge in [0.1, 0.15) is 0 Å². The lowest BCUT2D eigenvalue weighted by Gasteiger charge is -2.21. The molecule has 0 radical (unpaired) electrons. The van der Waals surface area contributed by atoms with Crippen LogP contribution in [-0.2, 0) is 6.42 Å². The van der Waals surface area contributed by atoms with Crippen molar-refractivity contribution in [3.63, 3.8) is 0 Å². The van der Waals surface area contributed by atoms with E-state index in [1.807, 2.05) is 0 Å². The van der Waals surface area contributed by atoms with Crippen molar-refractivity contribution < 1.29 is 0 Å². The third kappa shape index (κ3) is 4.86. The Morgan fingerprint density at radius 3 is 2.44 bits per heavy atom. The van der Waals surface area contributed by atoms with Gasteiger partial charge in [-0.25, -0.2) is 0 Å². The Kier molecular flexibility index (Phi) is 5.92. The highest BCUT2D eigenvalue weighted by atomic mass is 127. The number of likely N-dealkylation sites (tertiary alicyclic amines) is 1. The number of hydrogen-bond donors (Lipinski definition) is 0. The average molecular weight is 358 g/mol. The summed E-state index contributed by atoms with van der Waals surface area (Å²) in [6.07, 6.45) is 3.95. The first kappa shape index (κ1) is 14.3. The van der Waals surface area contributed by atoms with Gasteiger partial charge in [-0.2, -0.15) is 0 Å². The molecule has 1 heterocycles. The van der Waals surface area contributed by atoms with Gasteiger partial charge in [0.25, 0.3) is 0 Å². The quantitative estimate of drug-likeness (QED) is 0.722. The highest BCUT2D eigenvalue weighted by Crippen LogP contribution is 2.08. The molecule has 3 heteroatoms. The maximum Gasteiger partial charge on any atom is 0.0130 e. The lowest BCUT2D eigenvalue weighted by atomic mass is 10.1. The molecule has 0 unspecified atom stereocenters. The largest absolute Gasteiger partial charge is 0.305 e. The molecule has 0 atom stereocenters. The van der Waals surface area contributed by atoms with Gasteiger partial charge in [-0.1, -0.05) is 12.1 Å². The van der Waals surface area contributed by atoms with Crippen LogP contribution >= 0.6 is 22.6 Å². The number of nitrogens with zero attached hydrogens (tertiary/aromatic N) is 2. The third-order valence-electron chi connectivity index (χ3n) is 3.69. The monoisotopic (exact) mass is 358 g/mol. The average Bonchev–Trinajstić information content (AvgIpc) is 2.89. The number of benzene rings is 1. The second kappa shape index (κ2) is 7.46. The van der Waals surface area contributed by atoms with Crippen LogP contribution in [0, 0.1) is 3.57 Å². The van der Waals surface area contributed by atoms with Gasteiger partial charge in [-0.05, 0) is 79.7 Å². The Hall–Kier alpha value is -0.130. The fourth-order valence-electron chi connectivity index (χ4n) is 2.40. The van der Waals surface area contributed by atoms with Gasteiger partial charge in [0.2, 0.25) is 0 Å². The molecule has 1 aliphatic heterocycles. The Morgan fingerprint density at radius 1 is 1.11 bits per heavy atom. The van der Waals surface area contributed by atoms with E-state index in [2.05, 4.69) is 63.7 Å². The van der Waals surface area contributed by atoms with Gasteiger partial charge in [0.05, 0.1) is 0 Å². The van der Waals surface area contributed by atoms with Crippen molar-refractivity contribution in [2.75, 3.05) is 39.8 Å². The van der Waals surface area contributed by atoms with Gasteiger partial charge in [0.15, 0.2) is 0 Å². The summed E-state index contributed by atoms with van der Waals surface area (Å²) < 4.78 is 1.32. The highest BCUT2D eigenvalue weighted by molar-refractivity contribution is 14.1. The topological polar surface area (TPSA) is 6.48 Å². The maximum atomic E-state index is 2.58. The van der Waals surface area contributed by atoms with Crippen molar-refractivity contribution >= 4 is 22.6 Å². The number of rotatable bonds is 6. The molecule has 1 aromatic carbocycles. The molecule has 100 valence electrons. The molecule has 0 aromatic heterocycles. The summed E-state index contributed by atoms with van der Waals surface area (Å²) in [5, 5.41) is 0. The smallest absolute Gasteiger partial charge is 0.0130 e. The van der Waals surface area contributed by atoms with E-state index in [9.17, 15) is 0 Å². The van der Waals surface area contributed by atoms with Crippen molar-refractivity contribution in [2.24, 2.45) is 0 Å². The minimum absolute atomic E-state index is 1.16. The number of hydrogen-bond acceptors (Lipinski definition) is 2. The molecule has 0 spiro atoms. The Labute approximate surface area is 124 Å². The zero-order valence-corrected chi connectivity index (χ0v) is 13.4. The van der Waals surface area contributed by atoms with Crippen molar-refractivity contribution in [3.8, 4) is 0 Å². The summed E-state index contributed by atoms with van der Waals surface area (Å²) >= 11 is 2.36. The van der Waals surface area contributed by atoms with E-state index in [0.717, 1.165) is 13.0 Å². The summed E-state index contributed by atoms with van der Waals surface area (Å²) in [4.78, 5) is 5.04. The standard InChI is InChI=1S/C15H23IN2/c1-17(12-13-18-9-2-3-10-18)11-8-14-4-6-15(16)7-5-14/h4-7H,2-3,8-13H2,1H3. The zero-order valence-electron chi connectivity index (χ0n) is 11.2. The summed E-state index contributed by atoms with van der Waals surface area (Å²) in [6, 6.07) is 8.88. The van der Waals surface area contributed by atoms with Crippen molar-refractivity contribution in [2.45, 2.75) is 19.3 Å². The van der Waals surface area contributed by atoms with Crippen LogP contribution in [0.25, 0.3) is 0 Å². The lowest BCUT2D eigenvalue weighted by Crippen LogP contribution is -2.32. The molecule has 0 saturated carbocycles.